The molecule has 0 saturated heterocycles. The molecule has 0 aromatic heterocycles. The molecule has 108 valence electrons. The summed E-state index contributed by atoms with van der Waals surface area (Å²) in [7, 11) is 0. The van der Waals surface area contributed by atoms with Crippen molar-refractivity contribution in [2.24, 2.45) is 5.92 Å². The normalized spacial score (nSPS) is 10.2. The van der Waals surface area contributed by atoms with E-state index < -0.39 is 5.97 Å². The zero-order chi connectivity index (χ0) is 15.3. The molecular weight excluding hydrogens is 276 g/mol. The van der Waals surface area contributed by atoms with Gasteiger partial charge in [-0.2, -0.15) is 0 Å². The van der Waals surface area contributed by atoms with Crippen molar-refractivity contribution < 1.29 is 14.7 Å². The van der Waals surface area contributed by atoms with Gasteiger partial charge < -0.3 is 15.7 Å². The first-order valence-corrected chi connectivity index (χ1v) is 6.65. The summed E-state index contributed by atoms with van der Waals surface area (Å²) in [5.41, 5.74) is 1.34. The van der Waals surface area contributed by atoms with Crippen molar-refractivity contribution in [3.8, 4) is 0 Å². The van der Waals surface area contributed by atoms with Gasteiger partial charge in [-0.25, -0.2) is 4.79 Å². The minimum absolute atomic E-state index is 0.162. The van der Waals surface area contributed by atoms with Crippen LogP contribution in [0.3, 0.4) is 0 Å². The fourth-order valence-electron chi connectivity index (χ4n) is 1.70. The second-order valence-corrected chi connectivity index (χ2v) is 5.29. The lowest BCUT2D eigenvalue weighted by molar-refractivity contribution is -0.120. The summed E-state index contributed by atoms with van der Waals surface area (Å²) < 4.78 is 0. The van der Waals surface area contributed by atoms with Crippen LogP contribution >= 0.6 is 12.2 Å². The number of carbonyl (C=O) groups is 2. The van der Waals surface area contributed by atoms with Gasteiger partial charge in [-0.1, -0.05) is 19.9 Å². The van der Waals surface area contributed by atoms with Crippen LogP contribution in [0.5, 0.6) is 0 Å². The van der Waals surface area contributed by atoms with E-state index in [1.165, 1.54) is 6.07 Å². The molecule has 1 amide bonds. The summed E-state index contributed by atoms with van der Waals surface area (Å²) in [6, 6.07) is 4.85. The summed E-state index contributed by atoms with van der Waals surface area (Å²) in [4.78, 5) is 22.6. The van der Waals surface area contributed by atoms with E-state index in [4.69, 9.17) is 17.3 Å². The first-order chi connectivity index (χ1) is 9.31. The van der Waals surface area contributed by atoms with Crippen LogP contribution < -0.4 is 10.6 Å². The van der Waals surface area contributed by atoms with Gasteiger partial charge in [-0.15, -0.1) is 0 Å². The Bertz CT molecular complexity index is 541. The predicted octanol–water partition coefficient (Wildman–Crippen LogP) is 2.55. The van der Waals surface area contributed by atoms with Crippen molar-refractivity contribution in [1.29, 1.82) is 0 Å². The van der Waals surface area contributed by atoms with Crippen LogP contribution in [0.25, 0.3) is 0 Å². The zero-order valence-electron chi connectivity index (χ0n) is 11.7. The average molecular weight is 294 g/mol. The maximum Gasteiger partial charge on any atom is 0.336 e. The molecule has 0 aliphatic carbocycles. The number of carboxylic acids is 1. The second-order valence-electron chi connectivity index (χ2n) is 4.88. The lowest BCUT2D eigenvalue weighted by Gasteiger charge is -2.13. The Morgan fingerprint density at radius 2 is 2.00 bits per heavy atom. The van der Waals surface area contributed by atoms with Gasteiger partial charge in [0.15, 0.2) is 5.11 Å². The highest BCUT2D eigenvalue weighted by molar-refractivity contribution is 7.80. The Morgan fingerprint density at radius 3 is 2.55 bits per heavy atom. The monoisotopic (exact) mass is 294 g/mol. The van der Waals surface area contributed by atoms with E-state index in [-0.39, 0.29) is 22.5 Å². The van der Waals surface area contributed by atoms with Crippen molar-refractivity contribution in [1.82, 2.24) is 5.32 Å². The van der Waals surface area contributed by atoms with Crippen LogP contribution in [0.1, 0.15) is 36.2 Å². The molecule has 0 saturated carbocycles. The Balaban J connectivity index is 2.74. The van der Waals surface area contributed by atoms with E-state index in [1.807, 2.05) is 13.8 Å². The van der Waals surface area contributed by atoms with E-state index in [0.717, 1.165) is 0 Å². The third-order valence-corrected chi connectivity index (χ3v) is 2.86. The van der Waals surface area contributed by atoms with E-state index in [1.54, 1.807) is 19.1 Å². The van der Waals surface area contributed by atoms with Crippen LogP contribution in [0.4, 0.5) is 5.69 Å². The number of benzene rings is 1. The first-order valence-electron chi connectivity index (χ1n) is 6.25. The van der Waals surface area contributed by atoms with Gasteiger partial charge >= 0.3 is 5.97 Å². The molecule has 0 bridgehead atoms. The largest absolute Gasteiger partial charge is 0.478 e. The lowest BCUT2D eigenvalue weighted by atomic mass is 10.1. The van der Waals surface area contributed by atoms with Crippen LogP contribution in [0, 0.1) is 12.8 Å². The van der Waals surface area contributed by atoms with Gasteiger partial charge in [-0.05, 0) is 42.8 Å². The Kier molecular flexibility index (Phi) is 5.64. The zero-order valence-corrected chi connectivity index (χ0v) is 12.5. The van der Waals surface area contributed by atoms with Gasteiger partial charge in [0.2, 0.25) is 5.91 Å². The Hall–Kier alpha value is -1.95. The molecule has 0 aliphatic heterocycles. The molecular formula is C14H18N2O3S. The number of hydrogen-bond acceptors (Lipinski definition) is 3. The molecule has 20 heavy (non-hydrogen) atoms. The predicted molar refractivity (Wildman–Crippen MR) is 82.0 cm³/mol. The third-order valence-electron chi connectivity index (χ3n) is 2.66. The highest BCUT2D eigenvalue weighted by Gasteiger charge is 2.12. The molecule has 0 fully saturated rings. The van der Waals surface area contributed by atoms with Crippen molar-refractivity contribution in [2.75, 3.05) is 5.32 Å². The molecule has 1 aromatic carbocycles. The van der Waals surface area contributed by atoms with Crippen LogP contribution in [-0.4, -0.2) is 22.1 Å². The van der Waals surface area contributed by atoms with E-state index in [0.29, 0.717) is 17.7 Å². The van der Waals surface area contributed by atoms with Crippen LogP contribution in [0.2, 0.25) is 0 Å². The molecule has 1 rings (SSSR count). The van der Waals surface area contributed by atoms with Gasteiger partial charge in [0.1, 0.15) is 0 Å². The van der Waals surface area contributed by atoms with Crippen molar-refractivity contribution >= 4 is 34.9 Å². The summed E-state index contributed by atoms with van der Waals surface area (Å²) in [5.74, 6) is -0.916. The molecule has 0 heterocycles. The molecule has 0 spiro atoms. The van der Waals surface area contributed by atoms with Gasteiger partial charge in [-0.3, -0.25) is 4.79 Å². The number of aromatic carboxylic acids is 1. The van der Waals surface area contributed by atoms with Crippen molar-refractivity contribution in [3.05, 3.63) is 29.3 Å². The smallest absolute Gasteiger partial charge is 0.336 e. The molecule has 6 heteroatoms. The number of carboxylic acid groups (broad SMARTS) is 1. The standard InChI is InChI=1S/C14H18N2O3S/c1-8(2)7-12(17)16-14(20)15-11-6-4-5-10(9(11)3)13(18)19/h4-6,8H,7H2,1-3H3,(H,18,19)(H2,15,16,17,20). The molecule has 5 nitrogen and oxygen atoms in total. The Morgan fingerprint density at radius 1 is 1.35 bits per heavy atom. The van der Waals surface area contributed by atoms with Crippen molar-refractivity contribution in [2.45, 2.75) is 27.2 Å². The molecule has 0 radical (unpaired) electrons. The summed E-state index contributed by atoms with van der Waals surface area (Å²) in [6.45, 7) is 5.57. The number of rotatable bonds is 4. The minimum atomic E-state index is -0.999. The van der Waals surface area contributed by atoms with Gasteiger partial charge in [0, 0.05) is 12.1 Å². The maximum absolute atomic E-state index is 11.6. The van der Waals surface area contributed by atoms with E-state index in [2.05, 4.69) is 10.6 Å². The van der Waals surface area contributed by atoms with Gasteiger partial charge in [0.25, 0.3) is 0 Å². The number of carbonyl (C=O) groups excluding carboxylic acids is 1. The quantitative estimate of drug-likeness (QED) is 0.744. The number of hydrogen-bond donors (Lipinski definition) is 3. The minimum Gasteiger partial charge on any atom is -0.478 e. The molecule has 0 unspecified atom stereocenters. The fraction of sp³-hybridized carbons (Fsp3) is 0.357. The van der Waals surface area contributed by atoms with Crippen LogP contribution in [-0.2, 0) is 4.79 Å². The molecule has 0 atom stereocenters. The summed E-state index contributed by atoms with van der Waals surface area (Å²) in [6.07, 6.45) is 0.385. The lowest BCUT2D eigenvalue weighted by Crippen LogP contribution is -2.34. The topological polar surface area (TPSA) is 78.4 Å². The molecule has 0 aliphatic rings. The number of nitrogens with one attached hydrogen (secondary N) is 2. The summed E-state index contributed by atoms with van der Waals surface area (Å²) in [5, 5.41) is 14.6. The highest BCUT2D eigenvalue weighted by atomic mass is 32.1. The maximum atomic E-state index is 11.6. The highest BCUT2D eigenvalue weighted by Crippen LogP contribution is 2.18. The van der Waals surface area contributed by atoms with Gasteiger partial charge in [0.05, 0.1) is 5.56 Å². The molecule has 1 aromatic rings. The SMILES string of the molecule is Cc1c(NC(=S)NC(=O)CC(C)C)cccc1C(=O)O. The number of thiocarbonyl (C=S) groups is 1. The third kappa shape index (κ3) is 4.62. The summed E-state index contributed by atoms with van der Waals surface area (Å²) >= 11 is 5.04. The Labute approximate surface area is 123 Å². The first kappa shape index (κ1) is 16.1. The second kappa shape index (κ2) is 7.00. The average Bonchev–Trinajstić information content (AvgIpc) is 2.29. The van der Waals surface area contributed by atoms with E-state index >= 15 is 0 Å². The van der Waals surface area contributed by atoms with Crippen molar-refractivity contribution in [3.63, 3.8) is 0 Å². The van der Waals surface area contributed by atoms with Crippen LogP contribution in [0.15, 0.2) is 18.2 Å². The fourth-order valence-corrected chi connectivity index (χ4v) is 1.93. The number of anilines is 1. The molecule has 3 N–H and O–H groups in total. The van der Waals surface area contributed by atoms with E-state index in [9.17, 15) is 9.59 Å². The number of amides is 1.